The molecule has 1 aliphatic carbocycles. The summed E-state index contributed by atoms with van der Waals surface area (Å²) in [6.07, 6.45) is 10.5. The molecular weight excluding hydrogens is 404 g/mol. The van der Waals surface area contributed by atoms with Crippen LogP contribution < -0.4 is 0 Å². The van der Waals surface area contributed by atoms with Crippen LogP contribution >= 0.6 is 0 Å². The molecule has 0 atom stereocenters. The Morgan fingerprint density at radius 1 is 1.16 bits per heavy atom. The molecule has 1 saturated carbocycles. The first-order valence-electron chi connectivity index (χ1n) is 10.4. The van der Waals surface area contributed by atoms with Gasteiger partial charge in [0.1, 0.15) is 0 Å². The summed E-state index contributed by atoms with van der Waals surface area (Å²) in [7, 11) is 0. The van der Waals surface area contributed by atoms with E-state index in [2.05, 4.69) is 27.3 Å². The van der Waals surface area contributed by atoms with Gasteiger partial charge in [0.25, 0.3) is 0 Å². The van der Waals surface area contributed by atoms with E-state index in [4.69, 9.17) is 10.1 Å². The Bertz CT molecular complexity index is 1370. The number of pyridine rings is 2. The molecule has 9 heteroatoms. The van der Waals surface area contributed by atoms with Gasteiger partial charge in [0.2, 0.25) is 0 Å². The van der Waals surface area contributed by atoms with Crippen molar-refractivity contribution >= 4 is 10.9 Å². The van der Waals surface area contributed by atoms with Crippen LogP contribution in [-0.2, 0) is 12.1 Å². The second kappa shape index (κ2) is 7.88. The molecule has 1 fully saturated rings. The SMILES string of the molecule is N#CC[C@]1(n2cc(-c3nc(-c4cnn(CCO)c4)cc4ncccc34)cn2)C[C@H](C#N)C1. The second-order valence-electron chi connectivity index (χ2n) is 8.11. The van der Waals surface area contributed by atoms with Gasteiger partial charge in [-0.15, -0.1) is 0 Å². The zero-order valence-corrected chi connectivity index (χ0v) is 17.3. The average molecular weight is 424 g/mol. The summed E-state index contributed by atoms with van der Waals surface area (Å²) in [5.41, 5.74) is 3.49. The minimum atomic E-state index is -0.440. The van der Waals surface area contributed by atoms with Gasteiger partial charge in [0, 0.05) is 35.1 Å². The molecular formula is C23H20N8O. The van der Waals surface area contributed by atoms with Gasteiger partial charge in [0.15, 0.2) is 0 Å². The van der Waals surface area contributed by atoms with Crippen molar-refractivity contribution in [1.29, 1.82) is 10.5 Å². The molecule has 4 heterocycles. The number of fused-ring (bicyclic) bond motifs is 1. The van der Waals surface area contributed by atoms with Gasteiger partial charge in [-0.1, -0.05) is 0 Å². The van der Waals surface area contributed by atoms with E-state index in [0.29, 0.717) is 25.8 Å². The third-order valence-electron chi connectivity index (χ3n) is 6.04. The third-order valence-corrected chi connectivity index (χ3v) is 6.04. The Morgan fingerprint density at radius 3 is 2.78 bits per heavy atom. The smallest absolute Gasteiger partial charge is 0.0835 e. The summed E-state index contributed by atoms with van der Waals surface area (Å²) in [6, 6.07) is 10.3. The quantitative estimate of drug-likeness (QED) is 0.504. The van der Waals surface area contributed by atoms with Crippen LogP contribution in [0.3, 0.4) is 0 Å². The summed E-state index contributed by atoms with van der Waals surface area (Å²) in [4.78, 5) is 9.42. The molecule has 5 rings (SSSR count). The normalized spacial score (nSPS) is 19.9. The molecule has 0 radical (unpaired) electrons. The van der Waals surface area contributed by atoms with Crippen LogP contribution in [0.15, 0.2) is 49.2 Å². The van der Waals surface area contributed by atoms with Crippen LogP contribution in [0.2, 0.25) is 0 Å². The van der Waals surface area contributed by atoms with E-state index in [-0.39, 0.29) is 12.5 Å². The fourth-order valence-corrected chi connectivity index (χ4v) is 4.38. The maximum absolute atomic E-state index is 9.34. The highest BCUT2D eigenvalue weighted by Crippen LogP contribution is 2.46. The van der Waals surface area contributed by atoms with Crippen LogP contribution in [0, 0.1) is 28.6 Å². The number of aromatic nitrogens is 6. The van der Waals surface area contributed by atoms with Crippen LogP contribution in [0.5, 0.6) is 0 Å². The van der Waals surface area contributed by atoms with Gasteiger partial charge in [-0.3, -0.25) is 14.3 Å². The first-order chi connectivity index (χ1) is 15.7. The molecule has 158 valence electrons. The lowest BCUT2D eigenvalue weighted by Crippen LogP contribution is -2.46. The van der Waals surface area contributed by atoms with Crippen molar-refractivity contribution in [2.24, 2.45) is 5.92 Å². The Labute approximate surface area is 184 Å². The highest BCUT2D eigenvalue weighted by atomic mass is 16.3. The number of nitrogens with zero attached hydrogens (tertiary/aromatic N) is 8. The van der Waals surface area contributed by atoms with E-state index in [9.17, 15) is 10.5 Å². The maximum atomic E-state index is 9.34. The number of aliphatic hydroxyl groups excluding tert-OH is 1. The van der Waals surface area contributed by atoms with Crippen molar-refractivity contribution in [2.45, 2.75) is 31.3 Å². The number of rotatable bonds is 6. The van der Waals surface area contributed by atoms with Gasteiger partial charge in [-0.05, 0) is 31.0 Å². The predicted octanol–water partition coefficient (Wildman–Crippen LogP) is 2.89. The summed E-state index contributed by atoms with van der Waals surface area (Å²) < 4.78 is 3.50. The van der Waals surface area contributed by atoms with Crippen molar-refractivity contribution < 1.29 is 5.11 Å². The van der Waals surface area contributed by atoms with Gasteiger partial charge in [-0.2, -0.15) is 20.7 Å². The van der Waals surface area contributed by atoms with E-state index in [1.165, 1.54) is 0 Å². The van der Waals surface area contributed by atoms with E-state index in [1.807, 2.05) is 35.3 Å². The molecule has 0 spiro atoms. The fraction of sp³-hybridized carbons (Fsp3) is 0.304. The van der Waals surface area contributed by atoms with Crippen LogP contribution in [-0.4, -0.2) is 41.2 Å². The van der Waals surface area contributed by atoms with E-state index >= 15 is 0 Å². The molecule has 32 heavy (non-hydrogen) atoms. The first-order valence-corrected chi connectivity index (χ1v) is 10.4. The Hall–Kier alpha value is -4.08. The van der Waals surface area contributed by atoms with E-state index in [0.717, 1.165) is 33.4 Å². The molecule has 4 aromatic rings. The monoisotopic (exact) mass is 424 g/mol. The predicted molar refractivity (Wildman–Crippen MR) is 116 cm³/mol. The molecule has 0 bridgehead atoms. The number of hydrogen-bond acceptors (Lipinski definition) is 7. The molecule has 0 aromatic carbocycles. The highest BCUT2D eigenvalue weighted by Gasteiger charge is 2.46. The number of aliphatic hydroxyl groups is 1. The van der Waals surface area contributed by atoms with Crippen molar-refractivity contribution in [3.8, 4) is 34.7 Å². The van der Waals surface area contributed by atoms with Gasteiger partial charge in [0.05, 0.1) is 72.5 Å². The largest absolute Gasteiger partial charge is 0.394 e. The summed E-state index contributed by atoms with van der Waals surface area (Å²) in [5.74, 6) is -0.0436. The zero-order chi connectivity index (χ0) is 22.1. The second-order valence-corrected chi connectivity index (χ2v) is 8.11. The van der Waals surface area contributed by atoms with E-state index in [1.54, 1.807) is 23.3 Å². The lowest BCUT2D eigenvalue weighted by molar-refractivity contribution is 0.0882. The third kappa shape index (κ3) is 3.29. The summed E-state index contributed by atoms with van der Waals surface area (Å²) >= 11 is 0. The van der Waals surface area contributed by atoms with Crippen LogP contribution in [0.1, 0.15) is 19.3 Å². The molecule has 0 unspecified atom stereocenters. The Balaban J connectivity index is 1.58. The molecule has 0 aliphatic heterocycles. The van der Waals surface area contributed by atoms with Gasteiger partial charge < -0.3 is 5.11 Å². The van der Waals surface area contributed by atoms with E-state index < -0.39 is 5.54 Å². The van der Waals surface area contributed by atoms with Crippen LogP contribution in [0.4, 0.5) is 0 Å². The topological polar surface area (TPSA) is 129 Å². The Morgan fingerprint density at radius 2 is 2.00 bits per heavy atom. The molecule has 4 aromatic heterocycles. The van der Waals surface area contributed by atoms with Crippen molar-refractivity contribution in [3.05, 3.63) is 49.2 Å². The molecule has 1 aliphatic rings. The highest BCUT2D eigenvalue weighted by molar-refractivity contribution is 5.94. The maximum Gasteiger partial charge on any atom is 0.0835 e. The lowest BCUT2D eigenvalue weighted by atomic mass is 9.67. The summed E-state index contributed by atoms with van der Waals surface area (Å²) in [5, 5.41) is 37.5. The van der Waals surface area contributed by atoms with Crippen molar-refractivity contribution in [1.82, 2.24) is 29.5 Å². The van der Waals surface area contributed by atoms with Crippen LogP contribution in [0.25, 0.3) is 33.4 Å². The zero-order valence-electron chi connectivity index (χ0n) is 17.3. The number of nitriles is 2. The lowest BCUT2D eigenvalue weighted by Gasteiger charge is -2.43. The first kappa shape index (κ1) is 19.9. The average Bonchev–Trinajstić information content (AvgIpc) is 3.46. The molecule has 0 amide bonds. The van der Waals surface area contributed by atoms with Crippen molar-refractivity contribution in [3.63, 3.8) is 0 Å². The molecule has 0 saturated heterocycles. The molecule has 9 nitrogen and oxygen atoms in total. The molecule has 1 N–H and O–H groups in total. The van der Waals surface area contributed by atoms with Gasteiger partial charge >= 0.3 is 0 Å². The number of hydrogen-bond donors (Lipinski definition) is 1. The Kier molecular flexibility index (Phi) is 4.89. The van der Waals surface area contributed by atoms with Crippen molar-refractivity contribution in [2.75, 3.05) is 6.61 Å². The van der Waals surface area contributed by atoms with Gasteiger partial charge in [-0.25, -0.2) is 4.98 Å². The minimum Gasteiger partial charge on any atom is -0.394 e. The summed E-state index contributed by atoms with van der Waals surface area (Å²) in [6.45, 7) is 0.422. The fourth-order valence-electron chi connectivity index (χ4n) is 4.38. The minimum absolute atomic E-state index is 0.00929. The standard InChI is InChI=1S/C23H20N8O/c24-4-3-23(9-16(10-23)11-25)31-15-18(13-28-31)22-19-2-1-5-26-21(19)8-20(29-22)17-12-27-30(14-17)6-7-32/h1-2,5,8,12-16,32H,3,6-7,9-10H2/t16-,23-.